The highest BCUT2D eigenvalue weighted by atomic mass is 32.2. The number of nitrogens with one attached hydrogen (secondary N) is 2. The smallest absolute Gasteiger partial charge is 0.255 e. The molecule has 0 saturated heterocycles. The number of nitrogens with zero attached hydrogens (tertiary/aromatic N) is 1. The van der Waals surface area contributed by atoms with Gasteiger partial charge >= 0.3 is 0 Å². The SMILES string of the molecule is Cc1c(-c2ccccc2)nc(S[C@H](C)C(=O)N[C@@H](C)c2ccccc2)[nH]c1=O. The normalized spacial score (nSPS) is 13.0. The van der Waals surface area contributed by atoms with Crippen LogP contribution in [-0.4, -0.2) is 21.1 Å². The van der Waals surface area contributed by atoms with E-state index in [-0.39, 0.29) is 17.5 Å². The van der Waals surface area contributed by atoms with Crippen LogP contribution in [0.15, 0.2) is 70.6 Å². The van der Waals surface area contributed by atoms with Crippen LogP contribution in [0.5, 0.6) is 0 Å². The number of rotatable bonds is 6. The van der Waals surface area contributed by atoms with Crippen molar-refractivity contribution in [2.75, 3.05) is 0 Å². The largest absolute Gasteiger partial charge is 0.349 e. The molecule has 0 aliphatic carbocycles. The van der Waals surface area contributed by atoms with Gasteiger partial charge in [0.15, 0.2) is 5.16 Å². The molecule has 5 nitrogen and oxygen atoms in total. The number of aromatic amines is 1. The average molecular weight is 394 g/mol. The van der Waals surface area contributed by atoms with Crippen LogP contribution in [0.3, 0.4) is 0 Å². The molecular weight excluding hydrogens is 370 g/mol. The lowest BCUT2D eigenvalue weighted by Gasteiger charge is -2.17. The summed E-state index contributed by atoms with van der Waals surface area (Å²) in [5.74, 6) is -0.106. The van der Waals surface area contributed by atoms with Crippen LogP contribution in [0.25, 0.3) is 11.3 Å². The molecule has 0 unspecified atom stereocenters. The summed E-state index contributed by atoms with van der Waals surface area (Å²) in [5, 5.41) is 3.04. The second kappa shape index (κ2) is 8.89. The molecule has 0 fully saturated rings. The Balaban J connectivity index is 1.75. The molecule has 0 aliphatic rings. The molecule has 3 aromatic rings. The second-order valence-electron chi connectivity index (χ2n) is 6.61. The van der Waals surface area contributed by atoms with E-state index in [1.165, 1.54) is 11.8 Å². The summed E-state index contributed by atoms with van der Waals surface area (Å²) in [6.45, 7) is 5.50. The molecule has 3 rings (SSSR count). The molecule has 1 heterocycles. The minimum Gasteiger partial charge on any atom is -0.349 e. The van der Waals surface area contributed by atoms with Gasteiger partial charge in [0.05, 0.1) is 17.0 Å². The van der Waals surface area contributed by atoms with Gasteiger partial charge in [0, 0.05) is 11.1 Å². The summed E-state index contributed by atoms with van der Waals surface area (Å²) in [7, 11) is 0. The van der Waals surface area contributed by atoms with Gasteiger partial charge in [-0.25, -0.2) is 4.98 Å². The number of hydrogen-bond acceptors (Lipinski definition) is 4. The standard InChI is InChI=1S/C22H23N3O2S/c1-14-19(18-12-8-5-9-13-18)24-22(25-20(14)26)28-16(3)21(27)23-15(2)17-10-6-4-7-11-17/h4-13,15-16H,1-3H3,(H,23,27)(H,24,25,26)/t15-,16+/m0/s1. The van der Waals surface area contributed by atoms with E-state index >= 15 is 0 Å². The van der Waals surface area contributed by atoms with Crippen molar-refractivity contribution in [2.45, 2.75) is 37.2 Å². The van der Waals surface area contributed by atoms with Crippen LogP contribution in [0.2, 0.25) is 0 Å². The lowest BCUT2D eigenvalue weighted by Crippen LogP contribution is -2.33. The first-order valence-electron chi connectivity index (χ1n) is 9.14. The lowest BCUT2D eigenvalue weighted by molar-refractivity contribution is -0.120. The summed E-state index contributed by atoms with van der Waals surface area (Å²) >= 11 is 1.24. The van der Waals surface area contributed by atoms with E-state index in [4.69, 9.17) is 0 Å². The third-order valence-electron chi connectivity index (χ3n) is 4.49. The Bertz CT molecular complexity index is 1000. The molecule has 2 atom stereocenters. The Morgan fingerprint density at radius 1 is 1.04 bits per heavy atom. The minimum absolute atomic E-state index is 0.0957. The first-order valence-corrected chi connectivity index (χ1v) is 10.0. The highest BCUT2D eigenvalue weighted by molar-refractivity contribution is 8.00. The first-order chi connectivity index (χ1) is 13.5. The summed E-state index contributed by atoms with van der Waals surface area (Å²) in [5.41, 5.74) is 2.92. The lowest BCUT2D eigenvalue weighted by atomic mass is 10.1. The maximum absolute atomic E-state index is 12.6. The molecule has 0 radical (unpaired) electrons. The maximum Gasteiger partial charge on any atom is 0.255 e. The van der Waals surface area contributed by atoms with Gasteiger partial charge < -0.3 is 10.3 Å². The van der Waals surface area contributed by atoms with Crippen molar-refractivity contribution in [2.24, 2.45) is 0 Å². The number of amides is 1. The minimum atomic E-state index is -0.402. The second-order valence-corrected chi connectivity index (χ2v) is 7.94. The highest BCUT2D eigenvalue weighted by Crippen LogP contribution is 2.24. The molecule has 28 heavy (non-hydrogen) atoms. The monoisotopic (exact) mass is 393 g/mol. The Morgan fingerprint density at radius 3 is 2.29 bits per heavy atom. The average Bonchev–Trinajstić information content (AvgIpc) is 2.71. The van der Waals surface area contributed by atoms with Crippen molar-refractivity contribution in [3.63, 3.8) is 0 Å². The van der Waals surface area contributed by atoms with Crippen molar-refractivity contribution in [3.05, 3.63) is 82.1 Å². The van der Waals surface area contributed by atoms with Crippen molar-refractivity contribution in [3.8, 4) is 11.3 Å². The zero-order valence-electron chi connectivity index (χ0n) is 16.1. The molecule has 6 heteroatoms. The van der Waals surface area contributed by atoms with Gasteiger partial charge in [0.2, 0.25) is 5.91 Å². The Labute approximate surface area is 168 Å². The number of H-pyrrole nitrogens is 1. The predicted molar refractivity (Wildman–Crippen MR) is 113 cm³/mol. The highest BCUT2D eigenvalue weighted by Gasteiger charge is 2.19. The van der Waals surface area contributed by atoms with Crippen LogP contribution in [0, 0.1) is 6.92 Å². The van der Waals surface area contributed by atoms with E-state index in [9.17, 15) is 9.59 Å². The van der Waals surface area contributed by atoms with E-state index < -0.39 is 5.25 Å². The Hall–Kier alpha value is -2.86. The fourth-order valence-electron chi connectivity index (χ4n) is 2.82. The molecule has 1 aromatic heterocycles. The maximum atomic E-state index is 12.6. The molecule has 0 bridgehead atoms. The van der Waals surface area contributed by atoms with Gasteiger partial charge in [0.1, 0.15) is 0 Å². The quantitative estimate of drug-likeness (QED) is 0.488. The zero-order valence-corrected chi connectivity index (χ0v) is 16.9. The molecule has 0 aliphatic heterocycles. The molecule has 2 N–H and O–H groups in total. The third kappa shape index (κ3) is 4.70. The van der Waals surface area contributed by atoms with Gasteiger partial charge in [-0.15, -0.1) is 0 Å². The topological polar surface area (TPSA) is 74.8 Å². The predicted octanol–water partition coefficient (Wildman–Crippen LogP) is 4.10. The molecule has 0 spiro atoms. The zero-order chi connectivity index (χ0) is 20.1. The van der Waals surface area contributed by atoms with Crippen molar-refractivity contribution < 1.29 is 4.79 Å². The Kier molecular flexibility index (Phi) is 6.31. The van der Waals surface area contributed by atoms with E-state index in [0.29, 0.717) is 16.4 Å². The van der Waals surface area contributed by atoms with Crippen LogP contribution in [-0.2, 0) is 4.79 Å². The number of hydrogen-bond donors (Lipinski definition) is 2. The van der Waals surface area contributed by atoms with E-state index in [2.05, 4.69) is 15.3 Å². The summed E-state index contributed by atoms with van der Waals surface area (Å²) in [6, 6.07) is 19.3. The van der Waals surface area contributed by atoms with Gasteiger partial charge in [-0.1, -0.05) is 72.4 Å². The number of carbonyl (C=O) groups is 1. The number of benzene rings is 2. The fourth-order valence-corrected chi connectivity index (χ4v) is 3.63. The molecule has 144 valence electrons. The van der Waals surface area contributed by atoms with Gasteiger partial charge in [-0.3, -0.25) is 9.59 Å². The van der Waals surface area contributed by atoms with Crippen LogP contribution in [0.1, 0.15) is 31.0 Å². The molecule has 1 amide bonds. The fraction of sp³-hybridized carbons (Fsp3) is 0.227. The van der Waals surface area contributed by atoms with Crippen molar-refractivity contribution in [1.82, 2.24) is 15.3 Å². The number of aromatic nitrogens is 2. The Morgan fingerprint density at radius 2 is 1.64 bits per heavy atom. The van der Waals surface area contributed by atoms with Crippen molar-refractivity contribution in [1.29, 1.82) is 0 Å². The molecule has 0 saturated carbocycles. The summed E-state index contributed by atoms with van der Waals surface area (Å²) in [4.78, 5) is 32.3. The van der Waals surface area contributed by atoms with Crippen molar-refractivity contribution >= 4 is 17.7 Å². The van der Waals surface area contributed by atoms with Gasteiger partial charge in [0.25, 0.3) is 5.56 Å². The summed E-state index contributed by atoms with van der Waals surface area (Å²) in [6.07, 6.45) is 0. The molecule has 2 aromatic carbocycles. The van der Waals surface area contributed by atoms with Crippen LogP contribution in [0.4, 0.5) is 0 Å². The van der Waals surface area contributed by atoms with E-state index in [1.54, 1.807) is 13.8 Å². The van der Waals surface area contributed by atoms with Crippen LogP contribution < -0.4 is 10.9 Å². The summed E-state index contributed by atoms with van der Waals surface area (Å²) < 4.78 is 0. The number of carbonyl (C=O) groups excluding carboxylic acids is 1. The number of thioether (sulfide) groups is 1. The van der Waals surface area contributed by atoms with Gasteiger partial charge in [-0.05, 0) is 26.3 Å². The molecular formula is C22H23N3O2S. The van der Waals surface area contributed by atoms with E-state index in [0.717, 1.165) is 11.1 Å². The van der Waals surface area contributed by atoms with Crippen LogP contribution >= 0.6 is 11.8 Å². The first kappa shape index (κ1) is 19.9. The third-order valence-corrected chi connectivity index (χ3v) is 5.48. The van der Waals surface area contributed by atoms with Gasteiger partial charge in [-0.2, -0.15) is 0 Å². The van der Waals surface area contributed by atoms with E-state index in [1.807, 2.05) is 67.6 Å².